The molecule has 0 saturated carbocycles. The van der Waals surface area contributed by atoms with Crippen LogP contribution in [0.3, 0.4) is 0 Å². The number of anilines is 1. The molecule has 1 aliphatic rings. The summed E-state index contributed by atoms with van der Waals surface area (Å²) in [4.78, 5) is 28.8. The van der Waals surface area contributed by atoms with E-state index in [1.54, 1.807) is 23.2 Å². The highest BCUT2D eigenvalue weighted by Gasteiger charge is 2.38. The summed E-state index contributed by atoms with van der Waals surface area (Å²) in [6, 6.07) is 3.62. The van der Waals surface area contributed by atoms with E-state index in [0.29, 0.717) is 31.7 Å². The minimum absolute atomic E-state index is 0.106. The number of piperazine rings is 1. The first-order valence-corrected chi connectivity index (χ1v) is 11.0. The number of carbonyl (C=O) groups is 1. The van der Waals surface area contributed by atoms with Crippen LogP contribution in [0.25, 0.3) is 22.3 Å². The Morgan fingerprint density at radius 3 is 2.46 bits per heavy atom. The predicted octanol–water partition coefficient (Wildman–Crippen LogP) is 3.39. The van der Waals surface area contributed by atoms with Crippen molar-refractivity contribution < 1.29 is 31.9 Å². The average molecular weight is 519 g/mol. The van der Waals surface area contributed by atoms with Gasteiger partial charge in [0.1, 0.15) is 5.69 Å². The molecular formula is C23H18F5N7O2. The number of aryl methyl sites for hydroxylation is 1. The van der Waals surface area contributed by atoms with Gasteiger partial charge in [0.25, 0.3) is 5.91 Å². The number of fused-ring (bicyclic) bond motifs is 1. The van der Waals surface area contributed by atoms with Gasteiger partial charge in [-0.2, -0.15) is 23.3 Å². The van der Waals surface area contributed by atoms with Crippen LogP contribution in [0.1, 0.15) is 15.9 Å². The molecule has 14 heteroatoms. The van der Waals surface area contributed by atoms with Gasteiger partial charge in [-0.15, -0.1) is 0 Å². The number of benzene rings is 1. The van der Waals surface area contributed by atoms with E-state index < -0.39 is 34.7 Å². The number of alkyl halides is 3. The van der Waals surface area contributed by atoms with Crippen LogP contribution in [0.2, 0.25) is 0 Å². The fourth-order valence-corrected chi connectivity index (χ4v) is 4.16. The zero-order valence-corrected chi connectivity index (χ0v) is 19.2. The van der Waals surface area contributed by atoms with Crippen molar-refractivity contribution in [3.8, 4) is 17.0 Å². The Kier molecular flexibility index (Phi) is 5.88. The smallest absolute Gasteiger partial charge is 0.419 e. The maximum Gasteiger partial charge on any atom is 0.419 e. The number of phenols is 1. The molecular weight excluding hydrogens is 501 g/mol. The van der Waals surface area contributed by atoms with Gasteiger partial charge in [-0.25, -0.2) is 18.4 Å². The van der Waals surface area contributed by atoms with Crippen LogP contribution < -0.4 is 4.90 Å². The van der Waals surface area contributed by atoms with Gasteiger partial charge in [-0.1, -0.05) is 0 Å². The quantitative estimate of drug-likeness (QED) is 0.414. The molecule has 0 unspecified atom stereocenters. The first-order valence-electron chi connectivity index (χ1n) is 11.0. The number of rotatable bonds is 3. The molecule has 37 heavy (non-hydrogen) atoms. The van der Waals surface area contributed by atoms with E-state index in [2.05, 4.69) is 20.1 Å². The summed E-state index contributed by atoms with van der Waals surface area (Å²) in [5, 5.41) is 13.8. The molecule has 1 aromatic carbocycles. The van der Waals surface area contributed by atoms with E-state index in [1.165, 1.54) is 24.1 Å². The topological polar surface area (TPSA) is 100 Å². The number of pyridine rings is 1. The predicted molar refractivity (Wildman–Crippen MR) is 121 cm³/mol. The molecule has 0 radical (unpaired) electrons. The van der Waals surface area contributed by atoms with E-state index >= 15 is 0 Å². The largest absolute Gasteiger partial charge is 0.503 e. The highest BCUT2D eigenvalue weighted by atomic mass is 19.4. The molecule has 0 bridgehead atoms. The molecule has 0 atom stereocenters. The number of hydrogen-bond donors (Lipinski definition) is 1. The number of carbonyl (C=O) groups excluding carboxylic acids is 1. The van der Waals surface area contributed by atoms with Gasteiger partial charge in [-0.3, -0.25) is 9.78 Å². The van der Waals surface area contributed by atoms with Crippen molar-refractivity contribution >= 4 is 22.9 Å². The van der Waals surface area contributed by atoms with E-state index in [1.807, 2.05) is 4.90 Å². The number of nitrogens with zero attached hydrogens (tertiary/aromatic N) is 7. The summed E-state index contributed by atoms with van der Waals surface area (Å²) in [5.41, 5.74) is -2.18. The second-order valence-electron chi connectivity index (χ2n) is 8.35. The molecule has 1 amide bonds. The summed E-state index contributed by atoms with van der Waals surface area (Å²) >= 11 is 0. The monoisotopic (exact) mass is 519 g/mol. The standard InChI is InChI=1S/C23H18F5N7O2/c1-33-20-14(18(32-33)13-9-15(23(26,27)28)17(25)19(36)16(13)24)11-30-22(31-20)35-7-5-34(6-8-35)21(37)12-3-2-4-29-10-12/h2-4,9-11,36H,5-8H2,1H3. The molecule has 1 N–H and O–H groups in total. The van der Waals surface area contributed by atoms with Crippen molar-refractivity contribution in [2.24, 2.45) is 7.05 Å². The zero-order valence-electron chi connectivity index (χ0n) is 19.2. The fourth-order valence-electron chi connectivity index (χ4n) is 4.16. The molecule has 1 aliphatic heterocycles. The second-order valence-corrected chi connectivity index (χ2v) is 8.35. The van der Waals surface area contributed by atoms with Crippen molar-refractivity contribution in [3.63, 3.8) is 0 Å². The molecule has 0 spiro atoms. The van der Waals surface area contributed by atoms with Crippen LogP contribution >= 0.6 is 0 Å². The fraction of sp³-hybridized carbons (Fsp3) is 0.261. The second kappa shape index (κ2) is 8.94. The number of hydrogen-bond acceptors (Lipinski definition) is 7. The normalized spacial score (nSPS) is 14.4. The Bertz CT molecular complexity index is 1500. The van der Waals surface area contributed by atoms with Crippen LogP contribution in [0.4, 0.5) is 27.9 Å². The van der Waals surface area contributed by atoms with Crippen LogP contribution in [0.15, 0.2) is 36.8 Å². The van der Waals surface area contributed by atoms with Gasteiger partial charge in [0.15, 0.2) is 23.0 Å². The summed E-state index contributed by atoms with van der Waals surface area (Å²) in [7, 11) is 1.46. The molecule has 5 rings (SSSR count). The van der Waals surface area contributed by atoms with Crippen molar-refractivity contribution in [1.29, 1.82) is 0 Å². The molecule has 192 valence electrons. The summed E-state index contributed by atoms with van der Waals surface area (Å²) in [6.45, 7) is 1.62. The molecule has 0 aliphatic carbocycles. The molecule has 1 fully saturated rings. The van der Waals surface area contributed by atoms with Crippen molar-refractivity contribution in [1.82, 2.24) is 29.6 Å². The van der Waals surface area contributed by atoms with Crippen LogP contribution in [0.5, 0.6) is 5.75 Å². The third-order valence-corrected chi connectivity index (χ3v) is 6.06. The van der Waals surface area contributed by atoms with Gasteiger partial charge in [-0.05, 0) is 18.2 Å². The van der Waals surface area contributed by atoms with Crippen molar-refractivity contribution in [2.75, 3.05) is 31.1 Å². The first kappa shape index (κ1) is 24.3. The number of aromatic hydroxyl groups is 1. The third kappa shape index (κ3) is 4.27. The Morgan fingerprint density at radius 2 is 1.81 bits per heavy atom. The van der Waals surface area contributed by atoms with Gasteiger partial charge in [0.05, 0.1) is 16.5 Å². The lowest BCUT2D eigenvalue weighted by molar-refractivity contribution is -0.140. The first-order chi connectivity index (χ1) is 17.6. The summed E-state index contributed by atoms with van der Waals surface area (Å²) < 4.78 is 69.5. The van der Waals surface area contributed by atoms with Crippen LogP contribution in [-0.4, -0.2) is 66.8 Å². The van der Waals surface area contributed by atoms with Gasteiger partial charge in [0.2, 0.25) is 5.95 Å². The van der Waals surface area contributed by atoms with Gasteiger partial charge < -0.3 is 14.9 Å². The summed E-state index contributed by atoms with van der Waals surface area (Å²) in [5.74, 6) is -5.30. The van der Waals surface area contributed by atoms with Crippen molar-refractivity contribution in [3.05, 3.63) is 59.6 Å². The lowest BCUT2D eigenvalue weighted by Crippen LogP contribution is -2.49. The Labute approximate surface area is 205 Å². The zero-order chi connectivity index (χ0) is 26.5. The number of halogens is 5. The van der Waals surface area contributed by atoms with Gasteiger partial charge >= 0.3 is 6.18 Å². The average Bonchev–Trinajstić information content (AvgIpc) is 3.22. The lowest BCUT2D eigenvalue weighted by Gasteiger charge is -2.34. The molecule has 4 aromatic rings. The van der Waals surface area contributed by atoms with E-state index in [0.717, 1.165) is 0 Å². The molecule has 3 aromatic heterocycles. The Morgan fingerprint density at radius 1 is 1.08 bits per heavy atom. The SMILES string of the molecule is Cn1nc(-c2cc(C(F)(F)F)c(F)c(O)c2F)c2cnc(N3CCN(C(=O)c4cccnc4)CC3)nc21. The summed E-state index contributed by atoms with van der Waals surface area (Å²) in [6.07, 6.45) is -0.819. The van der Waals surface area contributed by atoms with Crippen LogP contribution in [0, 0.1) is 11.6 Å². The third-order valence-electron chi connectivity index (χ3n) is 6.06. The number of phenolic OH excluding ortho intramolecular Hbond substituents is 1. The van der Waals surface area contributed by atoms with E-state index in [4.69, 9.17) is 0 Å². The molecule has 1 saturated heterocycles. The van der Waals surface area contributed by atoms with Crippen molar-refractivity contribution in [2.45, 2.75) is 6.18 Å². The maximum atomic E-state index is 14.7. The highest BCUT2D eigenvalue weighted by molar-refractivity contribution is 5.94. The van der Waals surface area contributed by atoms with Gasteiger partial charge in [0, 0.05) is 57.4 Å². The highest BCUT2D eigenvalue weighted by Crippen LogP contribution is 2.41. The molecule has 4 heterocycles. The maximum absolute atomic E-state index is 14.7. The Balaban J connectivity index is 1.44. The van der Waals surface area contributed by atoms with Crippen LogP contribution in [-0.2, 0) is 13.2 Å². The van der Waals surface area contributed by atoms with E-state index in [9.17, 15) is 31.9 Å². The molecule has 9 nitrogen and oxygen atoms in total. The van der Waals surface area contributed by atoms with E-state index in [-0.39, 0.29) is 34.6 Å². The Hall–Kier alpha value is -4.36. The minimum Gasteiger partial charge on any atom is -0.503 e. The number of aromatic nitrogens is 5. The lowest BCUT2D eigenvalue weighted by atomic mass is 10.0. The minimum atomic E-state index is -5.17. The number of amides is 1.